The predicted molar refractivity (Wildman–Crippen MR) is 51.8 cm³/mol. The van der Waals surface area contributed by atoms with Crippen molar-refractivity contribution in [1.29, 1.82) is 0 Å². The molecule has 0 bridgehead atoms. The molecule has 14 heavy (non-hydrogen) atoms. The summed E-state index contributed by atoms with van der Waals surface area (Å²) in [5, 5.41) is 12.8. The fourth-order valence-corrected chi connectivity index (χ4v) is 1.06. The number of hydrogen-bond donors (Lipinski definition) is 1. The van der Waals surface area contributed by atoms with E-state index in [9.17, 15) is 4.79 Å². The molecule has 78 valence electrons. The highest BCUT2D eigenvalue weighted by atomic mass is 16.3. The van der Waals surface area contributed by atoms with Crippen LogP contribution >= 0.6 is 0 Å². The summed E-state index contributed by atoms with van der Waals surface area (Å²) in [5.74, 6) is -0.125. The van der Waals surface area contributed by atoms with Gasteiger partial charge in [-0.2, -0.15) is 5.10 Å². The van der Waals surface area contributed by atoms with Crippen LogP contribution in [0.15, 0.2) is 12.4 Å². The van der Waals surface area contributed by atoms with Gasteiger partial charge in [0.1, 0.15) is 0 Å². The number of likely N-dealkylation sites (N-methyl/N-ethyl adjacent to an activating group) is 1. The first kappa shape index (κ1) is 10.7. The van der Waals surface area contributed by atoms with E-state index in [1.165, 1.54) is 11.1 Å². The van der Waals surface area contributed by atoms with Crippen molar-refractivity contribution in [3.63, 3.8) is 0 Å². The maximum Gasteiger partial charge on any atom is 0.257 e. The summed E-state index contributed by atoms with van der Waals surface area (Å²) < 4.78 is 1.57. The molecule has 0 aliphatic rings. The summed E-state index contributed by atoms with van der Waals surface area (Å²) in [5.41, 5.74) is 0.537. The summed E-state index contributed by atoms with van der Waals surface area (Å²) in [4.78, 5) is 13.2. The van der Waals surface area contributed by atoms with Crippen LogP contribution in [-0.2, 0) is 7.05 Å². The SMILES string of the molecule is CC(CO)N(C)C(=O)c1cnn(C)c1. The Balaban J connectivity index is 2.75. The lowest BCUT2D eigenvalue weighted by atomic mass is 10.2. The number of amides is 1. The average Bonchev–Trinajstić information content (AvgIpc) is 2.61. The molecule has 0 saturated carbocycles. The number of carbonyl (C=O) groups is 1. The topological polar surface area (TPSA) is 58.4 Å². The Labute approximate surface area is 82.9 Å². The summed E-state index contributed by atoms with van der Waals surface area (Å²) in [6.45, 7) is 1.75. The second-order valence-electron chi connectivity index (χ2n) is 3.35. The Morgan fingerprint density at radius 1 is 1.79 bits per heavy atom. The molecule has 1 aromatic heterocycles. The standard InChI is InChI=1S/C9H15N3O2/c1-7(6-13)12(3)9(14)8-4-10-11(2)5-8/h4-5,7,13H,6H2,1-3H3. The van der Waals surface area contributed by atoms with Crippen molar-refractivity contribution in [3.05, 3.63) is 18.0 Å². The molecule has 1 unspecified atom stereocenters. The van der Waals surface area contributed by atoms with Crippen molar-refractivity contribution in [3.8, 4) is 0 Å². The zero-order chi connectivity index (χ0) is 10.7. The Morgan fingerprint density at radius 3 is 2.86 bits per heavy atom. The molecule has 0 aliphatic heterocycles. The Morgan fingerprint density at radius 2 is 2.43 bits per heavy atom. The molecule has 1 aromatic rings. The number of aromatic nitrogens is 2. The maximum absolute atomic E-state index is 11.7. The minimum atomic E-state index is -0.178. The van der Waals surface area contributed by atoms with Gasteiger partial charge in [-0.05, 0) is 6.92 Å². The first-order chi connectivity index (χ1) is 6.56. The third-order valence-electron chi connectivity index (χ3n) is 2.20. The van der Waals surface area contributed by atoms with Gasteiger partial charge < -0.3 is 10.0 Å². The highest BCUT2D eigenvalue weighted by Crippen LogP contribution is 2.04. The number of rotatable bonds is 3. The van der Waals surface area contributed by atoms with Gasteiger partial charge in [-0.15, -0.1) is 0 Å². The zero-order valence-corrected chi connectivity index (χ0v) is 8.64. The van der Waals surface area contributed by atoms with Gasteiger partial charge in [0, 0.05) is 20.3 Å². The molecule has 0 aromatic carbocycles. The van der Waals surface area contributed by atoms with Crippen molar-refractivity contribution >= 4 is 5.91 Å². The van der Waals surface area contributed by atoms with E-state index >= 15 is 0 Å². The van der Waals surface area contributed by atoms with Crippen LogP contribution in [0.2, 0.25) is 0 Å². The molecule has 0 fully saturated rings. The van der Waals surface area contributed by atoms with E-state index < -0.39 is 0 Å². The quantitative estimate of drug-likeness (QED) is 0.734. The van der Waals surface area contributed by atoms with Gasteiger partial charge in [0.05, 0.1) is 24.4 Å². The largest absolute Gasteiger partial charge is 0.394 e. The second-order valence-corrected chi connectivity index (χ2v) is 3.35. The minimum Gasteiger partial charge on any atom is -0.394 e. The highest BCUT2D eigenvalue weighted by Gasteiger charge is 2.17. The number of aryl methyl sites for hydroxylation is 1. The third-order valence-corrected chi connectivity index (χ3v) is 2.20. The van der Waals surface area contributed by atoms with Crippen molar-refractivity contribution in [1.82, 2.24) is 14.7 Å². The van der Waals surface area contributed by atoms with E-state index in [2.05, 4.69) is 5.10 Å². The number of nitrogens with zero attached hydrogens (tertiary/aromatic N) is 3. The summed E-state index contributed by atoms with van der Waals surface area (Å²) in [6, 6.07) is -0.178. The molecular formula is C9H15N3O2. The number of hydrogen-bond acceptors (Lipinski definition) is 3. The van der Waals surface area contributed by atoms with Crippen LogP contribution in [0.1, 0.15) is 17.3 Å². The number of aliphatic hydroxyl groups excluding tert-OH is 1. The fourth-order valence-electron chi connectivity index (χ4n) is 1.06. The van der Waals surface area contributed by atoms with Crippen LogP contribution in [0.3, 0.4) is 0 Å². The van der Waals surface area contributed by atoms with E-state index in [1.807, 2.05) is 0 Å². The molecule has 0 radical (unpaired) electrons. The third kappa shape index (κ3) is 2.11. The summed E-state index contributed by atoms with van der Waals surface area (Å²) >= 11 is 0. The summed E-state index contributed by atoms with van der Waals surface area (Å²) in [6.07, 6.45) is 3.17. The van der Waals surface area contributed by atoms with E-state index in [1.54, 1.807) is 31.9 Å². The first-order valence-electron chi connectivity index (χ1n) is 4.43. The lowest BCUT2D eigenvalue weighted by Gasteiger charge is -2.22. The zero-order valence-electron chi connectivity index (χ0n) is 8.64. The van der Waals surface area contributed by atoms with E-state index in [0.717, 1.165) is 0 Å². The second kappa shape index (κ2) is 4.23. The Bertz CT molecular complexity index is 322. The van der Waals surface area contributed by atoms with Crippen LogP contribution in [0.5, 0.6) is 0 Å². The van der Waals surface area contributed by atoms with Gasteiger partial charge >= 0.3 is 0 Å². The van der Waals surface area contributed by atoms with Crippen molar-refractivity contribution in [2.45, 2.75) is 13.0 Å². The Kier molecular flexibility index (Phi) is 3.24. The van der Waals surface area contributed by atoms with Gasteiger partial charge in [0.25, 0.3) is 5.91 Å². The number of carbonyl (C=O) groups excluding carboxylic acids is 1. The van der Waals surface area contributed by atoms with Gasteiger partial charge in [0.2, 0.25) is 0 Å². The van der Waals surface area contributed by atoms with Crippen LogP contribution in [0, 0.1) is 0 Å². The fraction of sp³-hybridized carbons (Fsp3) is 0.556. The van der Waals surface area contributed by atoms with Crippen LogP contribution in [0.4, 0.5) is 0 Å². The molecule has 1 atom stereocenters. The molecule has 0 saturated heterocycles. The molecule has 1 rings (SSSR count). The normalized spacial score (nSPS) is 12.6. The van der Waals surface area contributed by atoms with Gasteiger partial charge in [-0.3, -0.25) is 9.48 Å². The van der Waals surface area contributed by atoms with Crippen molar-refractivity contribution in [2.24, 2.45) is 7.05 Å². The van der Waals surface area contributed by atoms with Crippen molar-refractivity contribution < 1.29 is 9.90 Å². The smallest absolute Gasteiger partial charge is 0.257 e. The molecule has 0 spiro atoms. The minimum absolute atomic E-state index is 0.0392. The van der Waals surface area contributed by atoms with Gasteiger partial charge in [-0.25, -0.2) is 0 Å². The van der Waals surface area contributed by atoms with E-state index in [4.69, 9.17) is 5.11 Å². The van der Waals surface area contributed by atoms with E-state index in [0.29, 0.717) is 5.56 Å². The predicted octanol–water partition coefficient (Wildman–Crippen LogP) is -0.127. The first-order valence-corrected chi connectivity index (χ1v) is 4.43. The van der Waals surface area contributed by atoms with Crippen LogP contribution in [-0.4, -0.2) is 45.4 Å². The monoisotopic (exact) mass is 197 g/mol. The molecule has 0 aliphatic carbocycles. The van der Waals surface area contributed by atoms with Crippen LogP contribution < -0.4 is 0 Å². The van der Waals surface area contributed by atoms with Gasteiger partial charge in [-0.1, -0.05) is 0 Å². The van der Waals surface area contributed by atoms with Crippen molar-refractivity contribution in [2.75, 3.05) is 13.7 Å². The molecule has 5 heteroatoms. The van der Waals surface area contributed by atoms with E-state index in [-0.39, 0.29) is 18.6 Å². The molecule has 5 nitrogen and oxygen atoms in total. The lowest BCUT2D eigenvalue weighted by molar-refractivity contribution is 0.0682. The Hall–Kier alpha value is -1.36. The molecular weight excluding hydrogens is 182 g/mol. The maximum atomic E-state index is 11.7. The van der Waals surface area contributed by atoms with Gasteiger partial charge in [0.15, 0.2) is 0 Å². The summed E-state index contributed by atoms with van der Waals surface area (Å²) in [7, 11) is 3.42. The highest BCUT2D eigenvalue weighted by molar-refractivity contribution is 5.93. The van der Waals surface area contributed by atoms with Crippen LogP contribution in [0.25, 0.3) is 0 Å². The molecule has 1 amide bonds. The molecule has 1 N–H and O–H groups in total. The lowest BCUT2D eigenvalue weighted by Crippen LogP contribution is -2.37. The molecule has 1 heterocycles. The average molecular weight is 197 g/mol. The number of aliphatic hydroxyl groups is 1.